The molecular formula is C17H21FN4O2U. The van der Waals surface area contributed by atoms with Gasteiger partial charge in [-0.3, -0.25) is 4.90 Å². The second kappa shape index (κ2) is 8.07. The van der Waals surface area contributed by atoms with Crippen molar-refractivity contribution in [3.8, 4) is 0 Å². The molecule has 0 bridgehead atoms. The molecule has 132 valence electrons. The zero-order valence-electron chi connectivity index (χ0n) is 14.0. The number of hydrogen-bond acceptors (Lipinski definition) is 5. The van der Waals surface area contributed by atoms with Crippen molar-refractivity contribution in [2.45, 2.75) is 19.1 Å². The molecule has 1 aliphatic carbocycles. The third-order valence-corrected chi connectivity index (χ3v) is 4.72. The summed E-state index contributed by atoms with van der Waals surface area (Å²) in [4.78, 5) is 15.1. The zero-order valence-corrected chi connectivity index (χ0v) is 18.2. The van der Waals surface area contributed by atoms with Gasteiger partial charge in [-0.1, -0.05) is 0 Å². The van der Waals surface area contributed by atoms with E-state index in [9.17, 15) is 9.18 Å². The molecule has 4 rings (SSSR count). The molecule has 3 fully saturated rings. The summed E-state index contributed by atoms with van der Waals surface area (Å²) in [5.74, 6) is 0.691. The molecule has 1 aromatic rings. The number of cyclic esters (lactones) is 1. The van der Waals surface area contributed by atoms with E-state index in [1.165, 1.54) is 11.0 Å². The van der Waals surface area contributed by atoms with Crippen LogP contribution >= 0.6 is 0 Å². The van der Waals surface area contributed by atoms with E-state index in [0.29, 0.717) is 29.8 Å². The van der Waals surface area contributed by atoms with Crippen molar-refractivity contribution in [2.24, 2.45) is 17.6 Å². The van der Waals surface area contributed by atoms with Gasteiger partial charge in [-0.15, -0.1) is 0 Å². The van der Waals surface area contributed by atoms with Gasteiger partial charge in [0, 0.05) is 25.7 Å². The van der Waals surface area contributed by atoms with Gasteiger partial charge < -0.3 is 33.9 Å². The fourth-order valence-electron chi connectivity index (χ4n) is 3.42. The maximum atomic E-state index is 14.4. The van der Waals surface area contributed by atoms with Crippen LogP contribution in [0.3, 0.4) is 0 Å². The molecule has 2 heterocycles. The number of nitrogens with two attached hydrogens (primary N) is 1. The summed E-state index contributed by atoms with van der Waals surface area (Å²) in [6.45, 7) is 7.21. The third kappa shape index (κ3) is 4.02. The van der Waals surface area contributed by atoms with E-state index in [4.69, 9.17) is 15.9 Å². The average Bonchev–Trinajstić information content (AvgIpc) is 2.91. The van der Waals surface area contributed by atoms with Gasteiger partial charge in [0.2, 0.25) is 0 Å². The van der Waals surface area contributed by atoms with Crippen LogP contribution < -0.4 is 15.5 Å². The van der Waals surface area contributed by atoms with Gasteiger partial charge >= 0.3 is 37.2 Å². The number of piperidine rings is 1. The fourth-order valence-corrected chi connectivity index (χ4v) is 3.42. The minimum Gasteiger partial charge on any atom is -0.519 e. The Morgan fingerprint density at radius 3 is 2.44 bits per heavy atom. The van der Waals surface area contributed by atoms with Crippen molar-refractivity contribution in [3.63, 3.8) is 0 Å². The average molecular weight is 570 g/mol. The summed E-state index contributed by atoms with van der Waals surface area (Å²) < 4.78 is 19.3. The Bertz CT molecular complexity index is 648. The van der Waals surface area contributed by atoms with E-state index in [0.717, 1.165) is 13.1 Å². The molecule has 0 aromatic heterocycles. The van der Waals surface area contributed by atoms with Gasteiger partial charge in [0.05, 0.1) is 11.4 Å². The van der Waals surface area contributed by atoms with Gasteiger partial charge in [-0.05, 0) is 36.1 Å². The van der Waals surface area contributed by atoms with Crippen LogP contribution in [0.4, 0.5) is 20.6 Å². The quantitative estimate of drug-likeness (QED) is 0.421. The summed E-state index contributed by atoms with van der Waals surface area (Å²) >= 11 is 0. The van der Waals surface area contributed by atoms with Gasteiger partial charge in [0.1, 0.15) is 5.82 Å². The summed E-state index contributed by atoms with van der Waals surface area (Å²) in [7, 11) is 0. The Kier molecular flexibility index (Phi) is 6.52. The number of hydrogen-bond donors (Lipinski definition) is 2. The van der Waals surface area contributed by atoms with E-state index < -0.39 is 12.2 Å². The molecule has 6 nitrogen and oxygen atoms in total. The van der Waals surface area contributed by atoms with Crippen LogP contribution in [-0.2, 0) is 4.74 Å². The molecule has 1 aromatic carbocycles. The molecule has 0 radical (unpaired) electrons. The van der Waals surface area contributed by atoms with Crippen LogP contribution in [0.1, 0.15) is 6.92 Å². The zero-order chi connectivity index (χ0) is 17.4. The Balaban J connectivity index is 0.000000528. The van der Waals surface area contributed by atoms with Crippen LogP contribution in [0.15, 0.2) is 18.2 Å². The Hall–Kier alpha value is -1.10. The minimum atomic E-state index is -0.476. The predicted molar refractivity (Wildman–Crippen MR) is 89.9 cm³/mol. The van der Waals surface area contributed by atoms with Crippen molar-refractivity contribution in [1.29, 1.82) is 5.41 Å². The van der Waals surface area contributed by atoms with Gasteiger partial charge in [0.25, 0.3) is 0 Å². The largest absolute Gasteiger partial charge is 2.00 e. The van der Waals surface area contributed by atoms with Crippen LogP contribution in [0, 0.1) is 61.1 Å². The maximum Gasteiger partial charge on any atom is 2.00 e. The van der Waals surface area contributed by atoms with Crippen molar-refractivity contribution in [3.05, 3.63) is 30.9 Å². The molecule has 1 amide bonds. The number of nitrogens with zero attached hydrogens (tertiary/aromatic N) is 2. The normalized spacial score (nSPS) is 29.2. The monoisotopic (exact) mass is 570 g/mol. The number of fused-ring (bicyclic) bond motifs is 1. The van der Waals surface area contributed by atoms with Crippen LogP contribution in [-0.4, -0.2) is 44.1 Å². The van der Waals surface area contributed by atoms with E-state index >= 15 is 0 Å². The van der Waals surface area contributed by atoms with Gasteiger partial charge in [-0.25, -0.2) is 9.18 Å². The number of benzene rings is 1. The molecule has 8 heteroatoms. The molecule has 1 saturated carbocycles. The number of nitrogens with one attached hydrogen (secondary N) is 1. The van der Waals surface area contributed by atoms with Gasteiger partial charge in [0.15, 0.2) is 0 Å². The second-order valence-corrected chi connectivity index (χ2v) is 6.31. The van der Waals surface area contributed by atoms with E-state index in [2.05, 4.69) is 6.92 Å². The predicted octanol–water partition coefficient (Wildman–Crippen LogP) is 1.91. The Labute approximate surface area is 170 Å². The molecule has 4 atom stereocenters. The van der Waals surface area contributed by atoms with Crippen molar-refractivity contribution in [1.82, 2.24) is 0 Å². The van der Waals surface area contributed by atoms with Gasteiger partial charge in [-0.2, -0.15) is 6.92 Å². The summed E-state index contributed by atoms with van der Waals surface area (Å²) in [6, 6.07) is 5.15. The number of anilines is 2. The molecule has 3 aliphatic rings. The molecule has 0 spiro atoms. The van der Waals surface area contributed by atoms with Crippen LogP contribution in [0.5, 0.6) is 0 Å². The number of ether oxygens (including phenoxy) is 1. The molecule has 25 heavy (non-hydrogen) atoms. The molecule has 1 unspecified atom stereocenters. The maximum absolute atomic E-state index is 14.4. The molecular weight excluding hydrogens is 549 g/mol. The van der Waals surface area contributed by atoms with E-state index in [1.54, 1.807) is 19.1 Å². The fraction of sp³-hybridized carbons (Fsp3) is 0.471. The molecule has 2 aliphatic heterocycles. The third-order valence-electron chi connectivity index (χ3n) is 4.72. The topological polar surface area (TPSA) is 82.7 Å². The first kappa shape index (κ1) is 20.2. The van der Waals surface area contributed by atoms with Crippen LogP contribution in [0.2, 0.25) is 0 Å². The minimum absolute atomic E-state index is 0. The molecule has 3 N–H and O–H groups in total. The summed E-state index contributed by atoms with van der Waals surface area (Å²) in [5, 5.41) is 5.96. The number of carbonyl (C=O) groups is 1. The second-order valence-electron chi connectivity index (χ2n) is 6.31. The number of carbonyl (C=O) groups excluding carboxylic acids is 1. The Morgan fingerprint density at radius 2 is 1.96 bits per heavy atom. The number of amides is 1. The van der Waals surface area contributed by atoms with Crippen LogP contribution in [0.25, 0.3) is 0 Å². The molecule has 2 saturated heterocycles. The van der Waals surface area contributed by atoms with Crippen molar-refractivity contribution >= 4 is 23.7 Å². The summed E-state index contributed by atoms with van der Waals surface area (Å²) in [5.41, 5.74) is 6.99. The number of rotatable bonds is 2. The van der Waals surface area contributed by atoms with E-state index in [-0.39, 0.29) is 43.0 Å². The SMILES string of the molecule is C[C-]=N.[CH2-][C@H]1CN(c2ccc(N3C[C@@H]4C(N)[C@@H]4C3)c(F)c2)C(=O)O1.[U+2]. The first-order valence-corrected chi connectivity index (χ1v) is 7.91. The van der Waals surface area contributed by atoms with E-state index in [1.807, 2.05) is 11.1 Å². The first-order chi connectivity index (χ1) is 11.5. The standard InChI is InChI=1S/C15H17FN3O2.C2H4N.U/c1-8-5-19(15(20)21-8)9-2-3-13(12(16)4-9)18-6-10-11(7-18)14(10)17;1-2-3;/h2-4,8,10-11,14H,1,5-7,17H2;3H,1H3;/q2*-1;+2/t8-,10-,11+,14?;;/m0../s1. The van der Waals surface area contributed by atoms with Crippen molar-refractivity contribution in [2.75, 3.05) is 29.4 Å². The number of halogens is 1. The first-order valence-electron chi connectivity index (χ1n) is 7.91. The Morgan fingerprint density at radius 1 is 1.36 bits per heavy atom. The summed E-state index contributed by atoms with van der Waals surface area (Å²) in [6.07, 6.45) is 1.11. The van der Waals surface area contributed by atoms with Crippen molar-refractivity contribution < 1.29 is 45.0 Å². The smallest absolute Gasteiger partial charge is 0.519 e.